The largest absolute Gasteiger partial charge is 0.369 e. The molecule has 1 heterocycles. The number of nitriles is 1. The first-order valence-corrected chi connectivity index (χ1v) is 4.34. The molecular weight excluding hydrogens is 164 g/mol. The molecule has 0 radical (unpaired) electrons. The smallest absolute Gasteiger partial charge is 0.147 e. The summed E-state index contributed by atoms with van der Waals surface area (Å²) >= 11 is 0. The van der Waals surface area contributed by atoms with E-state index in [0.717, 1.165) is 12.5 Å². The molecule has 0 spiro atoms. The highest BCUT2D eigenvalue weighted by Crippen LogP contribution is 2.28. The second-order valence-corrected chi connectivity index (χ2v) is 3.22. The minimum Gasteiger partial charge on any atom is -0.369 e. The van der Waals surface area contributed by atoms with Gasteiger partial charge in [0.25, 0.3) is 0 Å². The molecule has 0 atom stereocenters. The van der Waals surface area contributed by atoms with Gasteiger partial charge in [0.05, 0.1) is 6.20 Å². The third-order valence-electron chi connectivity index (χ3n) is 2.09. The predicted molar refractivity (Wildman–Crippen MR) is 48.0 cm³/mol. The number of hydrogen-bond acceptors (Lipinski definition) is 4. The first-order valence-electron chi connectivity index (χ1n) is 4.34. The van der Waals surface area contributed by atoms with Gasteiger partial charge in [-0.1, -0.05) is 0 Å². The van der Waals surface area contributed by atoms with E-state index in [2.05, 4.69) is 21.4 Å². The zero-order valence-electron chi connectivity index (χ0n) is 7.20. The van der Waals surface area contributed by atoms with Gasteiger partial charge in [0, 0.05) is 6.54 Å². The Hall–Kier alpha value is -1.63. The summed E-state index contributed by atoms with van der Waals surface area (Å²) in [6, 6.07) is 2.05. The molecule has 2 rings (SSSR count). The van der Waals surface area contributed by atoms with Crippen LogP contribution in [0.3, 0.4) is 0 Å². The molecule has 4 heteroatoms. The molecule has 0 aromatic carbocycles. The molecule has 1 aromatic heterocycles. The number of hydrogen-bond donors (Lipinski definition) is 1. The fraction of sp³-hybridized carbons (Fsp3) is 0.444. The number of anilines is 1. The van der Waals surface area contributed by atoms with Crippen LogP contribution in [0.5, 0.6) is 0 Å². The van der Waals surface area contributed by atoms with Gasteiger partial charge < -0.3 is 5.32 Å². The van der Waals surface area contributed by atoms with Crippen LogP contribution in [0.25, 0.3) is 0 Å². The molecule has 0 bridgehead atoms. The summed E-state index contributed by atoms with van der Waals surface area (Å²) in [7, 11) is 0. The number of rotatable bonds is 3. The summed E-state index contributed by atoms with van der Waals surface area (Å²) < 4.78 is 0. The van der Waals surface area contributed by atoms with Gasteiger partial charge in [0.15, 0.2) is 0 Å². The molecule has 4 nitrogen and oxygen atoms in total. The third-order valence-corrected chi connectivity index (χ3v) is 2.09. The van der Waals surface area contributed by atoms with Crippen LogP contribution in [0.4, 0.5) is 5.82 Å². The van der Waals surface area contributed by atoms with Crippen molar-refractivity contribution in [2.75, 3.05) is 11.9 Å². The van der Waals surface area contributed by atoms with Crippen molar-refractivity contribution >= 4 is 5.82 Å². The van der Waals surface area contributed by atoms with Gasteiger partial charge in [0.2, 0.25) is 0 Å². The van der Waals surface area contributed by atoms with E-state index < -0.39 is 0 Å². The SMILES string of the molecule is N#Cc1cncnc1NCC1CC1. The maximum Gasteiger partial charge on any atom is 0.147 e. The summed E-state index contributed by atoms with van der Waals surface area (Å²) in [6.45, 7) is 0.922. The molecular formula is C9H10N4. The molecule has 0 amide bonds. The maximum atomic E-state index is 8.73. The van der Waals surface area contributed by atoms with Crippen molar-refractivity contribution in [1.29, 1.82) is 5.26 Å². The molecule has 0 saturated heterocycles. The summed E-state index contributed by atoms with van der Waals surface area (Å²) in [4.78, 5) is 7.79. The molecule has 0 aliphatic heterocycles. The molecule has 1 fully saturated rings. The average molecular weight is 174 g/mol. The third kappa shape index (κ3) is 1.94. The first-order chi connectivity index (χ1) is 6.40. The van der Waals surface area contributed by atoms with Crippen molar-refractivity contribution < 1.29 is 0 Å². The van der Waals surface area contributed by atoms with E-state index in [4.69, 9.17) is 5.26 Å². The van der Waals surface area contributed by atoms with Gasteiger partial charge in [-0.15, -0.1) is 0 Å². The molecule has 1 saturated carbocycles. The maximum absolute atomic E-state index is 8.73. The number of aromatic nitrogens is 2. The van der Waals surface area contributed by atoms with Crippen LogP contribution in [0.15, 0.2) is 12.5 Å². The highest BCUT2D eigenvalue weighted by atomic mass is 15.0. The van der Waals surface area contributed by atoms with Crippen molar-refractivity contribution in [2.24, 2.45) is 5.92 Å². The summed E-state index contributed by atoms with van der Waals surface area (Å²) in [5, 5.41) is 11.9. The zero-order valence-corrected chi connectivity index (χ0v) is 7.20. The predicted octanol–water partition coefficient (Wildman–Crippen LogP) is 1.17. The van der Waals surface area contributed by atoms with Gasteiger partial charge in [-0.05, 0) is 18.8 Å². The monoisotopic (exact) mass is 174 g/mol. The standard InChI is InChI=1S/C9H10N4/c10-3-8-5-11-6-13-9(8)12-4-7-1-2-7/h5-7H,1-2,4H2,(H,11,12,13). The van der Waals surface area contributed by atoms with Crippen LogP contribution < -0.4 is 5.32 Å². The minimum atomic E-state index is 0.517. The first kappa shape index (κ1) is 7.99. The topological polar surface area (TPSA) is 61.6 Å². The average Bonchev–Trinajstić information content (AvgIpc) is 2.99. The van der Waals surface area contributed by atoms with Crippen LogP contribution >= 0.6 is 0 Å². The van der Waals surface area contributed by atoms with Gasteiger partial charge in [-0.25, -0.2) is 9.97 Å². The molecule has 13 heavy (non-hydrogen) atoms. The number of nitrogens with zero attached hydrogens (tertiary/aromatic N) is 3. The normalized spacial score (nSPS) is 15.0. The Bertz CT molecular complexity index is 338. The van der Waals surface area contributed by atoms with Crippen LogP contribution in [0.2, 0.25) is 0 Å². The molecule has 66 valence electrons. The van der Waals surface area contributed by atoms with Crippen LogP contribution in [0, 0.1) is 17.2 Å². The van der Waals surface area contributed by atoms with Gasteiger partial charge >= 0.3 is 0 Å². The van der Waals surface area contributed by atoms with Crippen molar-refractivity contribution in [3.63, 3.8) is 0 Å². The van der Waals surface area contributed by atoms with Crippen molar-refractivity contribution in [3.05, 3.63) is 18.1 Å². The Morgan fingerprint density at radius 2 is 2.46 bits per heavy atom. The number of nitrogens with one attached hydrogen (secondary N) is 1. The second kappa shape index (κ2) is 3.40. The lowest BCUT2D eigenvalue weighted by Crippen LogP contribution is -2.06. The van der Waals surface area contributed by atoms with Crippen LogP contribution in [-0.2, 0) is 0 Å². The highest BCUT2D eigenvalue weighted by molar-refractivity contribution is 5.49. The fourth-order valence-electron chi connectivity index (χ4n) is 1.12. The Morgan fingerprint density at radius 3 is 3.15 bits per heavy atom. The molecule has 0 unspecified atom stereocenters. The quantitative estimate of drug-likeness (QED) is 0.747. The van der Waals surface area contributed by atoms with Crippen molar-refractivity contribution in [1.82, 2.24) is 9.97 Å². The van der Waals surface area contributed by atoms with Gasteiger partial charge in [-0.2, -0.15) is 5.26 Å². The summed E-state index contributed by atoms with van der Waals surface area (Å²) in [5.41, 5.74) is 0.517. The van der Waals surface area contributed by atoms with E-state index in [1.165, 1.54) is 25.4 Å². The summed E-state index contributed by atoms with van der Waals surface area (Å²) in [5.74, 6) is 1.44. The Kier molecular flexibility index (Phi) is 2.09. The molecule has 1 aromatic rings. The van der Waals surface area contributed by atoms with Crippen molar-refractivity contribution in [2.45, 2.75) is 12.8 Å². The van der Waals surface area contributed by atoms with E-state index >= 15 is 0 Å². The Morgan fingerprint density at radius 1 is 1.62 bits per heavy atom. The van der Waals surface area contributed by atoms with Crippen molar-refractivity contribution in [3.8, 4) is 6.07 Å². The van der Waals surface area contributed by atoms with Gasteiger partial charge in [0.1, 0.15) is 23.8 Å². The lowest BCUT2D eigenvalue weighted by molar-refractivity contribution is 0.880. The van der Waals surface area contributed by atoms with Crippen LogP contribution in [-0.4, -0.2) is 16.5 Å². The molecule has 1 aliphatic carbocycles. The second-order valence-electron chi connectivity index (χ2n) is 3.22. The molecule has 1 N–H and O–H groups in total. The van der Waals surface area contributed by atoms with E-state index in [9.17, 15) is 0 Å². The highest BCUT2D eigenvalue weighted by Gasteiger charge is 2.21. The molecule has 1 aliphatic rings. The summed E-state index contributed by atoms with van der Waals surface area (Å²) in [6.07, 6.45) is 5.57. The van der Waals surface area contributed by atoms with E-state index in [1.54, 1.807) is 0 Å². The fourth-order valence-corrected chi connectivity index (χ4v) is 1.12. The van der Waals surface area contributed by atoms with Gasteiger partial charge in [-0.3, -0.25) is 0 Å². The van der Waals surface area contributed by atoms with E-state index in [-0.39, 0.29) is 0 Å². The van der Waals surface area contributed by atoms with E-state index in [1.807, 2.05) is 0 Å². The van der Waals surface area contributed by atoms with E-state index in [0.29, 0.717) is 11.4 Å². The Labute approximate surface area is 76.6 Å². The van der Waals surface area contributed by atoms with Crippen LogP contribution in [0.1, 0.15) is 18.4 Å². The Balaban J connectivity index is 2.05. The minimum absolute atomic E-state index is 0.517. The lowest BCUT2D eigenvalue weighted by Gasteiger charge is -2.04. The lowest BCUT2D eigenvalue weighted by atomic mass is 10.3. The zero-order chi connectivity index (χ0) is 9.10.